The van der Waals surface area contributed by atoms with E-state index in [9.17, 15) is 9.59 Å². The Balaban J connectivity index is 1.33. The van der Waals surface area contributed by atoms with Crippen molar-refractivity contribution in [1.82, 2.24) is 5.32 Å². The van der Waals surface area contributed by atoms with Gasteiger partial charge in [-0.15, -0.1) is 0 Å². The topological polar surface area (TPSA) is 55.4 Å². The summed E-state index contributed by atoms with van der Waals surface area (Å²) in [6.45, 7) is 1.74. The second-order valence-electron chi connectivity index (χ2n) is 8.19. The van der Waals surface area contributed by atoms with Crippen LogP contribution in [0.2, 0.25) is 0 Å². The van der Waals surface area contributed by atoms with Gasteiger partial charge in [-0.3, -0.25) is 4.79 Å². The van der Waals surface area contributed by atoms with Crippen molar-refractivity contribution in [2.45, 2.75) is 51.0 Å². The third kappa shape index (κ3) is 3.06. The van der Waals surface area contributed by atoms with Gasteiger partial charge in [0.15, 0.2) is 6.61 Å². The Morgan fingerprint density at radius 1 is 1.12 bits per heavy atom. The van der Waals surface area contributed by atoms with Crippen molar-refractivity contribution in [2.24, 2.45) is 17.8 Å². The number of carbonyl (C=O) groups is 2. The van der Waals surface area contributed by atoms with Crippen LogP contribution in [0.15, 0.2) is 24.3 Å². The molecule has 0 aromatic heterocycles. The molecule has 0 atom stereocenters. The van der Waals surface area contributed by atoms with Crippen LogP contribution >= 0.6 is 0 Å². The van der Waals surface area contributed by atoms with Gasteiger partial charge in [0.05, 0.1) is 5.56 Å². The fourth-order valence-corrected chi connectivity index (χ4v) is 5.58. The lowest BCUT2D eigenvalue weighted by Gasteiger charge is -2.56. The number of carbonyl (C=O) groups excluding carboxylic acids is 2. The van der Waals surface area contributed by atoms with Gasteiger partial charge in [0.1, 0.15) is 0 Å². The molecule has 0 heterocycles. The summed E-state index contributed by atoms with van der Waals surface area (Å²) in [5, 5.41) is 3.23. The lowest BCUT2D eigenvalue weighted by atomic mass is 9.53. The lowest BCUT2D eigenvalue weighted by molar-refractivity contribution is -0.130. The smallest absolute Gasteiger partial charge is 0.338 e. The molecule has 4 fully saturated rings. The zero-order valence-electron chi connectivity index (χ0n) is 14.2. The maximum Gasteiger partial charge on any atom is 0.338 e. The molecule has 1 aromatic rings. The average Bonchev–Trinajstić information content (AvgIpc) is 2.50. The standard InChI is InChI=1S/C20H25NO3/c1-13-3-2-4-17(5-13)19(23)24-12-18(22)21-20-9-14-6-15(10-20)8-16(7-14)11-20/h2-5,14-16H,6-12H2,1H3,(H,21,22). The van der Waals surface area contributed by atoms with Gasteiger partial charge >= 0.3 is 5.97 Å². The van der Waals surface area contributed by atoms with Crippen LogP contribution in [0.25, 0.3) is 0 Å². The summed E-state index contributed by atoms with van der Waals surface area (Å²) >= 11 is 0. The molecule has 24 heavy (non-hydrogen) atoms. The van der Waals surface area contributed by atoms with Crippen molar-refractivity contribution < 1.29 is 14.3 Å². The molecule has 0 radical (unpaired) electrons. The molecule has 4 aliphatic carbocycles. The SMILES string of the molecule is Cc1cccc(C(=O)OCC(=O)NC23CC4CC(CC(C4)C2)C3)c1. The Hall–Kier alpha value is -1.84. The Morgan fingerprint density at radius 2 is 1.75 bits per heavy atom. The molecule has 4 heteroatoms. The van der Waals surface area contributed by atoms with Crippen LogP contribution in [0.5, 0.6) is 0 Å². The quantitative estimate of drug-likeness (QED) is 0.864. The summed E-state index contributed by atoms with van der Waals surface area (Å²) in [4.78, 5) is 24.4. The first kappa shape index (κ1) is 15.7. The van der Waals surface area contributed by atoms with E-state index in [1.807, 2.05) is 19.1 Å². The summed E-state index contributed by atoms with van der Waals surface area (Å²) in [7, 11) is 0. The normalized spacial score (nSPS) is 33.3. The first-order chi connectivity index (χ1) is 11.5. The third-order valence-corrected chi connectivity index (χ3v) is 6.03. The highest BCUT2D eigenvalue weighted by Crippen LogP contribution is 2.55. The number of rotatable bonds is 4. The number of aryl methyl sites for hydroxylation is 1. The molecule has 5 rings (SSSR count). The van der Waals surface area contributed by atoms with Crippen LogP contribution in [0, 0.1) is 24.7 Å². The number of esters is 1. The first-order valence-corrected chi connectivity index (χ1v) is 9.06. The van der Waals surface area contributed by atoms with Crippen LogP contribution in [-0.2, 0) is 9.53 Å². The monoisotopic (exact) mass is 327 g/mol. The maximum atomic E-state index is 12.3. The molecular weight excluding hydrogens is 302 g/mol. The summed E-state index contributed by atoms with van der Waals surface area (Å²) in [6, 6.07) is 7.24. The van der Waals surface area contributed by atoms with E-state index >= 15 is 0 Å². The van der Waals surface area contributed by atoms with Crippen molar-refractivity contribution in [3.8, 4) is 0 Å². The lowest BCUT2D eigenvalue weighted by Crippen LogP contribution is -2.60. The van der Waals surface area contributed by atoms with Crippen molar-refractivity contribution >= 4 is 11.9 Å². The number of nitrogens with one attached hydrogen (secondary N) is 1. The summed E-state index contributed by atoms with van der Waals surface area (Å²) < 4.78 is 5.21. The molecular formula is C20H25NO3. The van der Waals surface area contributed by atoms with E-state index in [1.54, 1.807) is 12.1 Å². The van der Waals surface area contributed by atoms with Gasteiger partial charge in [0.2, 0.25) is 0 Å². The molecule has 0 saturated heterocycles. The van der Waals surface area contributed by atoms with Gasteiger partial charge in [0, 0.05) is 5.54 Å². The summed E-state index contributed by atoms with van der Waals surface area (Å²) in [6.07, 6.45) is 7.36. The Morgan fingerprint density at radius 3 is 2.33 bits per heavy atom. The molecule has 0 spiro atoms. The van der Waals surface area contributed by atoms with Crippen LogP contribution in [0.3, 0.4) is 0 Å². The van der Waals surface area contributed by atoms with Crippen molar-refractivity contribution in [3.05, 3.63) is 35.4 Å². The van der Waals surface area contributed by atoms with E-state index in [4.69, 9.17) is 4.74 Å². The second-order valence-corrected chi connectivity index (χ2v) is 8.19. The van der Waals surface area contributed by atoms with Crippen LogP contribution in [0.4, 0.5) is 0 Å². The molecule has 0 unspecified atom stereocenters. The molecule has 1 aromatic carbocycles. The Bertz CT molecular complexity index is 631. The molecule has 0 aliphatic heterocycles. The largest absolute Gasteiger partial charge is 0.452 e. The zero-order valence-corrected chi connectivity index (χ0v) is 14.2. The van der Waals surface area contributed by atoms with Gasteiger partial charge in [0.25, 0.3) is 5.91 Å². The Kier molecular flexibility index (Phi) is 3.86. The van der Waals surface area contributed by atoms with E-state index in [0.29, 0.717) is 5.56 Å². The highest BCUT2D eigenvalue weighted by molar-refractivity contribution is 5.91. The van der Waals surface area contributed by atoms with Crippen molar-refractivity contribution in [3.63, 3.8) is 0 Å². The average molecular weight is 327 g/mol. The van der Waals surface area contributed by atoms with E-state index in [1.165, 1.54) is 19.3 Å². The fraction of sp³-hybridized carbons (Fsp3) is 0.600. The predicted molar refractivity (Wildman–Crippen MR) is 90.5 cm³/mol. The minimum atomic E-state index is -0.431. The molecule has 1 amide bonds. The highest BCUT2D eigenvalue weighted by Gasteiger charge is 2.51. The van der Waals surface area contributed by atoms with Crippen LogP contribution in [0.1, 0.15) is 54.4 Å². The highest BCUT2D eigenvalue weighted by atomic mass is 16.5. The molecule has 4 aliphatic rings. The van der Waals surface area contributed by atoms with E-state index in [2.05, 4.69) is 5.32 Å². The number of benzene rings is 1. The molecule has 1 N–H and O–H groups in total. The van der Waals surface area contributed by atoms with Gasteiger partial charge < -0.3 is 10.1 Å². The van der Waals surface area contributed by atoms with E-state index in [0.717, 1.165) is 42.6 Å². The van der Waals surface area contributed by atoms with Crippen molar-refractivity contribution in [2.75, 3.05) is 6.61 Å². The van der Waals surface area contributed by atoms with Crippen LogP contribution < -0.4 is 5.32 Å². The van der Waals surface area contributed by atoms with E-state index < -0.39 is 5.97 Å². The first-order valence-electron chi connectivity index (χ1n) is 9.06. The minimum absolute atomic E-state index is 0.0262. The van der Waals surface area contributed by atoms with Gasteiger partial charge in [-0.05, 0) is 75.3 Å². The van der Waals surface area contributed by atoms with E-state index in [-0.39, 0.29) is 18.1 Å². The number of hydrogen-bond donors (Lipinski definition) is 1. The molecule has 4 nitrogen and oxygen atoms in total. The third-order valence-electron chi connectivity index (χ3n) is 6.03. The molecule has 4 bridgehead atoms. The maximum absolute atomic E-state index is 12.3. The summed E-state index contributed by atoms with van der Waals surface area (Å²) in [5.74, 6) is 1.77. The number of hydrogen-bond acceptors (Lipinski definition) is 3. The second kappa shape index (κ2) is 5.91. The van der Waals surface area contributed by atoms with Crippen LogP contribution in [-0.4, -0.2) is 24.0 Å². The fourth-order valence-electron chi connectivity index (χ4n) is 5.58. The number of ether oxygens (including phenoxy) is 1. The minimum Gasteiger partial charge on any atom is -0.452 e. The van der Waals surface area contributed by atoms with Crippen molar-refractivity contribution in [1.29, 1.82) is 0 Å². The molecule has 4 saturated carbocycles. The Labute approximate surface area is 143 Å². The molecule has 128 valence electrons. The summed E-state index contributed by atoms with van der Waals surface area (Å²) in [5.41, 5.74) is 1.47. The zero-order chi connectivity index (χ0) is 16.7. The van der Waals surface area contributed by atoms with Gasteiger partial charge in [-0.1, -0.05) is 17.7 Å². The predicted octanol–water partition coefficient (Wildman–Crippen LogP) is 3.24. The number of amides is 1. The van der Waals surface area contributed by atoms with Gasteiger partial charge in [-0.25, -0.2) is 4.79 Å². The van der Waals surface area contributed by atoms with Gasteiger partial charge in [-0.2, -0.15) is 0 Å².